The average Bonchev–Trinajstić information content (AvgIpc) is 2.18. The largest absolute Gasteiger partial charge is 0.352 e. The van der Waals surface area contributed by atoms with Crippen molar-refractivity contribution in [2.75, 3.05) is 6.54 Å². The quantitative estimate of drug-likeness (QED) is 0.576. The van der Waals surface area contributed by atoms with Crippen LogP contribution in [0.2, 0.25) is 0 Å². The molecule has 0 atom stereocenters. The number of rotatable bonds is 4. The number of carbonyl (C=O) groups excluding carboxylic acids is 1. The molecule has 0 heterocycles. The average molecular weight is 193 g/mol. The Balaban J connectivity index is 2.56. The molecule has 0 saturated heterocycles. The van der Waals surface area contributed by atoms with Crippen LogP contribution >= 0.6 is 0 Å². The zero-order valence-corrected chi connectivity index (χ0v) is 7.79. The molecule has 3 heteroatoms. The first-order chi connectivity index (χ1) is 6.74. The van der Waals surface area contributed by atoms with E-state index in [9.17, 15) is 9.18 Å². The summed E-state index contributed by atoms with van der Waals surface area (Å²) in [5.74, 6) is -0.660. The lowest BCUT2D eigenvalue weighted by Crippen LogP contribution is -2.24. The van der Waals surface area contributed by atoms with Crippen molar-refractivity contribution in [2.24, 2.45) is 0 Å². The second kappa shape index (κ2) is 5.17. The summed E-state index contributed by atoms with van der Waals surface area (Å²) in [6.07, 6.45) is 2.42. The summed E-state index contributed by atoms with van der Waals surface area (Å²) < 4.78 is 12.7. The molecule has 1 amide bonds. The Kier molecular flexibility index (Phi) is 3.85. The van der Waals surface area contributed by atoms with Gasteiger partial charge < -0.3 is 5.32 Å². The third kappa shape index (κ3) is 3.01. The first kappa shape index (κ1) is 10.4. The second-order valence-corrected chi connectivity index (χ2v) is 2.84. The van der Waals surface area contributed by atoms with E-state index in [0.29, 0.717) is 18.5 Å². The number of hydrogen-bond acceptors (Lipinski definition) is 1. The van der Waals surface area contributed by atoms with Crippen molar-refractivity contribution in [3.63, 3.8) is 0 Å². The summed E-state index contributed by atoms with van der Waals surface area (Å²) in [6.45, 7) is 4.06. The molecule has 0 fully saturated rings. The molecule has 0 radical (unpaired) electrons. The van der Waals surface area contributed by atoms with Crippen LogP contribution in [-0.4, -0.2) is 12.5 Å². The highest BCUT2D eigenvalue weighted by Gasteiger charge is 2.04. The van der Waals surface area contributed by atoms with Crippen molar-refractivity contribution in [1.29, 1.82) is 0 Å². The Morgan fingerprint density at radius 3 is 3.00 bits per heavy atom. The van der Waals surface area contributed by atoms with Crippen LogP contribution in [0.25, 0.3) is 0 Å². The molecular formula is C11H12FNO. The van der Waals surface area contributed by atoms with Crippen molar-refractivity contribution in [3.8, 4) is 0 Å². The second-order valence-electron chi connectivity index (χ2n) is 2.84. The molecule has 1 rings (SSSR count). The molecule has 1 N–H and O–H groups in total. The minimum Gasteiger partial charge on any atom is -0.352 e. The fraction of sp³-hybridized carbons (Fsp3) is 0.182. The maximum atomic E-state index is 12.7. The van der Waals surface area contributed by atoms with Crippen molar-refractivity contribution >= 4 is 5.91 Å². The molecule has 0 bridgehead atoms. The van der Waals surface area contributed by atoms with E-state index >= 15 is 0 Å². The summed E-state index contributed by atoms with van der Waals surface area (Å²) in [7, 11) is 0. The Labute approximate surface area is 82.4 Å². The van der Waals surface area contributed by atoms with Crippen LogP contribution in [0.1, 0.15) is 16.8 Å². The SMILES string of the molecule is C=CCCNC(=O)c1cccc(F)c1. The minimum absolute atomic E-state index is 0.258. The number of carbonyl (C=O) groups is 1. The molecule has 0 aliphatic heterocycles. The normalized spacial score (nSPS) is 9.50. The van der Waals surface area contributed by atoms with Gasteiger partial charge in [-0.05, 0) is 24.6 Å². The van der Waals surface area contributed by atoms with Gasteiger partial charge in [-0.3, -0.25) is 4.79 Å². The predicted molar refractivity (Wildman–Crippen MR) is 53.5 cm³/mol. The van der Waals surface area contributed by atoms with Crippen LogP contribution < -0.4 is 5.32 Å². The van der Waals surface area contributed by atoms with E-state index in [0.717, 1.165) is 0 Å². The van der Waals surface area contributed by atoms with Crippen molar-refractivity contribution in [3.05, 3.63) is 48.3 Å². The molecule has 2 nitrogen and oxygen atoms in total. The van der Waals surface area contributed by atoms with Gasteiger partial charge in [-0.1, -0.05) is 12.1 Å². The molecule has 0 aromatic heterocycles. The highest BCUT2D eigenvalue weighted by molar-refractivity contribution is 5.94. The van der Waals surface area contributed by atoms with Crippen LogP contribution in [0.3, 0.4) is 0 Å². The molecule has 74 valence electrons. The van der Waals surface area contributed by atoms with E-state index in [1.807, 2.05) is 0 Å². The summed E-state index contributed by atoms with van der Waals surface area (Å²) in [5.41, 5.74) is 0.342. The van der Waals surface area contributed by atoms with Gasteiger partial charge in [0, 0.05) is 12.1 Å². The van der Waals surface area contributed by atoms with Crippen molar-refractivity contribution in [2.45, 2.75) is 6.42 Å². The lowest BCUT2D eigenvalue weighted by Gasteiger charge is -2.02. The summed E-state index contributed by atoms with van der Waals surface area (Å²) in [6, 6.07) is 5.60. The first-order valence-electron chi connectivity index (χ1n) is 4.38. The van der Waals surface area contributed by atoms with Gasteiger partial charge >= 0.3 is 0 Å². The van der Waals surface area contributed by atoms with Gasteiger partial charge in [-0.15, -0.1) is 6.58 Å². The number of halogens is 1. The monoisotopic (exact) mass is 193 g/mol. The maximum absolute atomic E-state index is 12.7. The van der Waals surface area contributed by atoms with Crippen molar-refractivity contribution in [1.82, 2.24) is 5.32 Å². The van der Waals surface area contributed by atoms with Gasteiger partial charge in [-0.25, -0.2) is 4.39 Å². The Bertz CT molecular complexity index is 336. The number of hydrogen-bond donors (Lipinski definition) is 1. The molecule has 1 aromatic rings. The first-order valence-corrected chi connectivity index (χ1v) is 4.38. The molecule has 0 saturated carbocycles. The summed E-state index contributed by atoms with van der Waals surface area (Å²) in [4.78, 5) is 11.4. The highest BCUT2D eigenvalue weighted by atomic mass is 19.1. The lowest BCUT2D eigenvalue weighted by molar-refractivity contribution is 0.0954. The van der Waals surface area contributed by atoms with Crippen LogP contribution in [0.5, 0.6) is 0 Å². The van der Waals surface area contributed by atoms with E-state index in [2.05, 4.69) is 11.9 Å². The van der Waals surface area contributed by atoms with Crippen molar-refractivity contribution < 1.29 is 9.18 Å². The van der Waals surface area contributed by atoms with E-state index in [1.165, 1.54) is 18.2 Å². The molecular weight excluding hydrogens is 181 g/mol. The zero-order valence-electron chi connectivity index (χ0n) is 7.79. The van der Waals surface area contributed by atoms with E-state index < -0.39 is 5.82 Å². The number of benzene rings is 1. The molecule has 0 aliphatic rings. The Morgan fingerprint density at radius 2 is 2.36 bits per heavy atom. The zero-order chi connectivity index (χ0) is 10.4. The van der Waals surface area contributed by atoms with Gasteiger partial charge in [0.15, 0.2) is 0 Å². The predicted octanol–water partition coefficient (Wildman–Crippen LogP) is 2.13. The molecule has 14 heavy (non-hydrogen) atoms. The van der Waals surface area contributed by atoms with Crippen LogP contribution in [-0.2, 0) is 0 Å². The topological polar surface area (TPSA) is 29.1 Å². The van der Waals surface area contributed by atoms with Crippen LogP contribution in [0.15, 0.2) is 36.9 Å². The standard InChI is InChI=1S/C11H12FNO/c1-2-3-7-13-11(14)9-5-4-6-10(12)8-9/h2,4-6,8H,1,3,7H2,(H,13,14). The molecule has 0 unspecified atom stereocenters. The van der Waals surface area contributed by atoms with Gasteiger partial charge in [0.1, 0.15) is 5.82 Å². The summed E-state index contributed by atoms with van der Waals surface area (Å²) in [5, 5.41) is 2.65. The fourth-order valence-corrected chi connectivity index (χ4v) is 1.02. The third-order valence-corrected chi connectivity index (χ3v) is 1.72. The molecule has 0 spiro atoms. The van der Waals surface area contributed by atoms with Gasteiger partial charge in [0.2, 0.25) is 0 Å². The molecule has 0 aliphatic carbocycles. The number of nitrogens with one attached hydrogen (secondary N) is 1. The van der Waals surface area contributed by atoms with E-state index in [-0.39, 0.29) is 5.91 Å². The van der Waals surface area contributed by atoms with Crippen LogP contribution in [0, 0.1) is 5.82 Å². The lowest BCUT2D eigenvalue weighted by atomic mass is 10.2. The number of amides is 1. The highest BCUT2D eigenvalue weighted by Crippen LogP contribution is 2.02. The Hall–Kier alpha value is -1.64. The van der Waals surface area contributed by atoms with Gasteiger partial charge in [0.25, 0.3) is 5.91 Å². The van der Waals surface area contributed by atoms with E-state index in [4.69, 9.17) is 0 Å². The van der Waals surface area contributed by atoms with Crippen LogP contribution in [0.4, 0.5) is 4.39 Å². The third-order valence-electron chi connectivity index (χ3n) is 1.72. The Morgan fingerprint density at radius 1 is 1.57 bits per heavy atom. The fourth-order valence-electron chi connectivity index (χ4n) is 1.02. The maximum Gasteiger partial charge on any atom is 0.251 e. The smallest absolute Gasteiger partial charge is 0.251 e. The van der Waals surface area contributed by atoms with Gasteiger partial charge in [-0.2, -0.15) is 0 Å². The minimum atomic E-state index is -0.402. The summed E-state index contributed by atoms with van der Waals surface area (Å²) >= 11 is 0. The van der Waals surface area contributed by atoms with Gasteiger partial charge in [0.05, 0.1) is 0 Å². The molecule has 1 aromatic carbocycles. The van der Waals surface area contributed by atoms with E-state index in [1.54, 1.807) is 12.1 Å².